The molecule has 0 radical (unpaired) electrons. The predicted octanol–water partition coefficient (Wildman–Crippen LogP) is -0.169. The smallest absolute Gasteiger partial charge is 0.466 e. The summed E-state index contributed by atoms with van der Waals surface area (Å²) < 4.78 is 30.1. The molecule has 23 heavy (non-hydrogen) atoms. The number of methoxy groups -OCH3 is 1. The molecule has 0 spiro atoms. The molecule has 1 rings (SSSR count). The fourth-order valence-electron chi connectivity index (χ4n) is 2.09. The third kappa shape index (κ3) is 6.11. The highest BCUT2D eigenvalue weighted by atomic mass is 31.2. The molecule has 1 aliphatic carbocycles. The fraction of sp³-hybridized carbons (Fsp3) is 0.583. The summed E-state index contributed by atoms with van der Waals surface area (Å²) in [5, 5.41) is 0. The third-order valence-corrected chi connectivity index (χ3v) is 3.32. The Labute approximate surface area is 131 Å². The Morgan fingerprint density at radius 1 is 1.17 bits per heavy atom. The van der Waals surface area contributed by atoms with E-state index >= 15 is 0 Å². The van der Waals surface area contributed by atoms with Gasteiger partial charge >= 0.3 is 25.7 Å². The highest BCUT2D eigenvalue weighted by Crippen LogP contribution is 2.41. The second kappa shape index (κ2) is 7.69. The van der Waals surface area contributed by atoms with Crippen LogP contribution in [0.5, 0.6) is 0 Å². The van der Waals surface area contributed by atoms with E-state index in [9.17, 15) is 18.9 Å². The van der Waals surface area contributed by atoms with Crippen molar-refractivity contribution in [2.75, 3.05) is 7.11 Å². The van der Waals surface area contributed by atoms with Crippen LogP contribution in [0, 0.1) is 0 Å². The van der Waals surface area contributed by atoms with E-state index in [2.05, 4.69) is 9.26 Å². The van der Waals surface area contributed by atoms with Crippen molar-refractivity contribution in [2.24, 2.45) is 0 Å². The van der Waals surface area contributed by atoms with Gasteiger partial charge in [0.15, 0.2) is 6.10 Å². The monoisotopic (exact) mass is 352 g/mol. The van der Waals surface area contributed by atoms with Crippen molar-refractivity contribution in [1.82, 2.24) is 0 Å². The van der Waals surface area contributed by atoms with Crippen LogP contribution in [0.4, 0.5) is 0 Å². The quantitative estimate of drug-likeness (QED) is 0.388. The van der Waals surface area contributed by atoms with E-state index in [1.165, 1.54) is 0 Å². The Hall–Kier alpha value is -1.74. The van der Waals surface area contributed by atoms with Crippen LogP contribution in [-0.2, 0) is 37.7 Å². The van der Waals surface area contributed by atoms with Gasteiger partial charge in [-0.2, -0.15) is 0 Å². The van der Waals surface area contributed by atoms with E-state index in [1.54, 1.807) is 0 Å². The summed E-state index contributed by atoms with van der Waals surface area (Å²) in [4.78, 5) is 52.0. The molecule has 0 heterocycles. The first-order valence-corrected chi connectivity index (χ1v) is 7.94. The van der Waals surface area contributed by atoms with Crippen molar-refractivity contribution in [3.63, 3.8) is 0 Å². The first-order valence-electron chi connectivity index (χ1n) is 6.41. The molecule has 0 aromatic rings. The summed E-state index contributed by atoms with van der Waals surface area (Å²) in [7, 11) is -3.86. The van der Waals surface area contributed by atoms with Gasteiger partial charge in [0, 0.05) is 25.8 Å². The molecule has 10 nitrogen and oxygen atoms in total. The minimum atomic E-state index is -4.97. The number of carbonyl (C=O) groups is 3. The van der Waals surface area contributed by atoms with Crippen molar-refractivity contribution in [1.29, 1.82) is 0 Å². The summed E-state index contributed by atoms with van der Waals surface area (Å²) in [6.45, 7) is 2.17. The van der Waals surface area contributed by atoms with E-state index < -0.39 is 44.0 Å². The summed E-state index contributed by atoms with van der Waals surface area (Å²) >= 11 is 0. The van der Waals surface area contributed by atoms with Crippen molar-refractivity contribution in [2.45, 2.75) is 38.6 Å². The number of carbonyl (C=O) groups excluding carboxylic acids is 3. The summed E-state index contributed by atoms with van der Waals surface area (Å²) in [5.74, 6) is -2.29. The Bertz CT molecular complexity index is 562. The molecule has 3 atom stereocenters. The molecule has 0 saturated heterocycles. The van der Waals surface area contributed by atoms with E-state index in [1.807, 2.05) is 0 Å². The highest BCUT2D eigenvalue weighted by molar-refractivity contribution is 7.46. The largest absolute Gasteiger partial charge is 0.470 e. The van der Waals surface area contributed by atoms with Crippen molar-refractivity contribution in [3.8, 4) is 0 Å². The van der Waals surface area contributed by atoms with Gasteiger partial charge in [0.2, 0.25) is 0 Å². The van der Waals surface area contributed by atoms with Gasteiger partial charge in [0.1, 0.15) is 12.2 Å². The van der Waals surface area contributed by atoms with Crippen LogP contribution in [-0.4, -0.2) is 53.1 Å². The van der Waals surface area contributed by atoms with Gasteiger partial charge in [-0.1, -0.05) is 0 Å². The number of rotatable bonds is 5. The summed E-state index contributed by atoms with van der Waals surface area (Å²) in [6, 6.07) is 0. The second-order valence-electron chi connectivity index (χ2n) is 4.67. The number of esters is 3. The summed E-state index contributed by atoms with van der Waals surface area (Å²) in [6.07, 6.45) is -3.07. The van der Waals surface area contributed by atoms with Gasteiger partial charge in [-0.25, -0.2) is 9.36 Å². The topological polar surface area (TPSA) is 146 Å². The van der Waals surface area contributed by atoms with E-state index in [4.69, 9.17) is 19.3 Å². The fourth-order valence-corrected chi connectivity index (χ4v) is 2.59. The normalized spacial score (nSPS) is 24.4. The van der Waals surface area contributed by atoms with Gasteiger partial charge in [0.05, 0.1) is 7.11 Å². The van der Waals surface area contributed by atoms with Crippen LogP contribution in [0.3, 0.4) is 0 Å². The maximum absolute atomic E-state index is 11.6. The van der Waals surface area contributed by atoms with Gasteiger partial charge < -0.3 is 24.0 Å². The molecule has 0 bridgehead atoms. The molecule has 0 aromatic carbocycles. The van der Waals surface area contributed by atoms with Crippen molar-refractivity contribution < 1.29 is 47.5 Å². The number of phosphoric ester groups is 1. The van der Waals surface area contributed by atoms with Gasteiger partial charge in [-0.05, 0) is 6.08 Å². The average molecular weight is 352 g/mol. The zero-order valence-electron chi connectivity index (χ0n) is 12.6. The SMILES string of the molecule is COC(=O)C1=C[C@@H](OP(=O)(O)O)[C@@H](OC(C)=O)[C@H](OC(C)=O)C1. The Morgan fingerprint density at radius 3 is 2.17 bits per heavy atom. The number of phosphoric acid groups is 1. The average Bonchev–Trinajstić information content (AvgIpc) is 2.38. The maximum Gasteiger partial charge on any atom is 0.470 e. The lowest BCUT2D eigenvalue weighted by atomic mass is 9.92. The van der Waals surface area contributed by atoms with Crippen molar-refractivity contribution in [3.05, 3.63) is 11.6 Å². The van der Waals surface area contributed by atoms with E-state index in [0.717, 1.165) is 27.0 Å². The molecule has 0 unspecified atom stereocenters. The van der Waals surface area contributed by atoms with E-state index in [-0.39, 0.29) is 12.0 Å². The Morgan fingerprint density at radius 2 is 1.74 bits per heavy atom. The Balaban J connectivity index is 3.22. The molecule has 11 heteroatoms. The first kappa shape index (κ1) is 19.3. The van der Waals surface area contributed by atoms with Gasteiger partial charge in [-0.15, -0.1) is 0 Å². The number of hydrogen-bond acceptors (Lipinski definition) is 8. The lowest BCUT2D eigenvalue weighted by molar-refractivity contribution is -0.173. The molecule has 0 fully saturated rings. The van der Waals surface area contributed by atoms with Crippen LogP contribution < -0.4 is 0 Å². The van der Waals surface area contributed by atoms with Crippen LogP contribution in [0.25, 0.3) is 0 Å². The lowest BCUT2D eigenvalue weighted by Gasteiger charge is -2.34. The zero-order valence-corrected chi connectivity index (χ0v) is 13.5. The molecule has 0 aliphatic heterocycles. The van der Waals surface area contributed by atoms with Crippen LogP contribution in [0.15, 0.2) is 11.6 Å². The Kier molecular flexibility index (Phi) is 6.46. The molecular weight excluding hydrogens is 335 g/mol. The predicted molar refractivity (Wildman–Crippen MR) is 72.7 cm³/mol. The first-order chi connectivity index (χ1) is 10.5. The highest BCUT2D eigenvalue weighted by Gasteiger charge is 2.43. The third-order valence-electron chi connectivity index (χ3n) is 2.80. The maximum atomic E-state index is 11.6. The molecule has 130 valence electrons. The lowest BCUT2D eigenvalue weighted by Crippen LogP contribution is -2.46. The van der Waals surface area contributed by atoms with Crippen LogP contribution in [0.2, 0.25) is 0 Å². The molecule has 1 aliphatic rings. The molecule has 0 aromatic heterocycles. The molecule has 2 N–H and O–H groups in total. The van der Waals surface area contributed by atoms with Crippen LogP contribution >= 0.6 is 7.82 Å². The van der Waals surface area contributed by atoms with Crippen LogP contribution in [0.1, 0.15) is 20.3 Å². The minimum absolute atomic E-state index is 0.0272. The minimum Gasteiger partial charge on any atom is -0.466 e. The molecular formula is C12H17O10P. The zero-order chi connectivity index (χ0) is 17.8. The second-order valence-corrected chi connectivity index (χ2v) is 5.86. The van der Waals surface area contributed by atoms with Gasteiger partial charge in [0.25, 0.3) is 0 Å². The molecule has 0 saturated carbocycles. The van der Waals surface area contributed by atoms with Gasteiger partial charge in [-0.3, -0.25) is 14.1 Å². The standard InChI is InChI=1S/C12H17O10P/c1-6(13)20-9-4-8(12(15)19-3)5-10(22-23(16,17)18)11(9)21-7(2)14/h5,9-11H,4H2,1-3H3,(H2,16,17,18)/t9-,10-,11+/m1/s1. The van der Waals surface area contributed by atoms with Crippen molar-refractivity contribution >= 4 is 25.7 Å². The van der Waals surface area contributed by atoms with E-state index in [0.29, 0.717) is 0 Å². The number of ether oxygens (including phenoxy) is 3. The molecule has 0 amide bonds. The summed E-state index contributed by atoms with van der Waals surface area (Å²) in [5.41, 5.74) is -0.0272. The number of hydrogen-bond donors (Lipinski definition) is 2.